The summed E-state index contributed by atoms with van der Waals surface area (Å²) in [7, 11) is 0. The van der Waals surface area contributed by atoms with Crippen molar-refractivity contribution in [3.63, 3.8) is 0 Å². The number of benzene rings is 1. The van der Waals surface area contributed by atoms with Crippen LogP contribution in [0.1, 0.15) is 22.2 Å². The van der Waals surface area contributed by atoms with E-state index in [0.717, 1.165) is 32.6 Å². The number of carbonyl (C=O) groups excluding carboxylic acids is 2. The topological polar surface area (TPSA) is 58.6 Å². The quantitative estimate of drug-likeness (QED) is 0.518. The summed E-state index contributed by atoms with van der Waals surface area (Å²) in [6.07, 6.45) is 1.73. The molecule has 134 valence electrons. The summed E-state index contributed by atoms with van der Waals surface area (Å²) < 4.78 is 6.57. The van der Waals surface area contributed by atoms with Crippen molar-refractivity contribution in [2.24, 2.45) is 0 Å². The Hall–Kier alpha value is -1.68. The first kappa shape index (κ1) is 19.1. The van der Waals surface area contributed by atoms with Gasteiger partial charge >= 0.3 is 0 Å². The lowest BCUT2D eigenvalue weighted by Crippen LogP contribution is -2.44. The van der Waals surface area contributed by atoms with Crippen LogP contribution in [0.4, 0.5) is 0 Å². The number of thioether (sulfide) groups is 1. The van der Waals surface area contributed by atoms with Gasteiger partial charge in [-0.25, -0.2) is 0 Å². The Morgan fingerprint density at radius 3 is 2.88 bits per heavy atom. The maximum atomic E-state index is 12.6. The molecule has 1 saturated heterocycles. The number of nitrogens with one attached hydrogen (secondary N) is 1. The molecule has 3 rings (SSSR count). The molecule has 0 radical (unpaired) electrons. The molecule has 1 aromatic heterocycles. The van der Waals surface area contributed by atoms with Crippen LogP contribution in [0, 0.1) is 0 Å². The summed E-state index contributed by atoms with van der Waals surface area (Å²) in [5.74, 6) is 0.0247. The largest absolute Gasteiger partial charge is 0.493 e. The van der Waals surface area contributed by atoms with Crippen molar-refractivity contribution in [2.45, 2.75) is 6.92 Å². The Labute approximate surface area is 172 Å². The van der Waals surface area contributed by atoms with Crippen molar-refractivity contribution < 1.29 is 14.3 Å². The average Bonchev–Trinajstić information content (AvgIpc) is 3.22. The zero-order valence-corrected chi connectivity index (χ0v) is 17.6. The number of thiophene rings is 1. The summed E-state index contributed by atoms with van der Waals surface area (Å²) in [5, 5.41) is 2.90. The van der Waals surface area contributed by atoms with Crippen LogP contribution in [-0.4, -0.2) is 27.8 Å². The highest BCUT2D eigenvalue weighted by atomic mass is 79.9. The van der Waals surface area contributed by atoms with Gasteiger partial charge in [0.15, 0.2) is 4.32 Å². The fourth-order valence-corrected chi connectivity index (χ4v) is 4.46. The normalized spacial score (nSPS) is 15.6. The first-order valence-corrected chi connectivity index (χ1v) is 10.4. The molecule has 9 heteroatoms. The molecule has 2 aromatic rings. The second kappa shape index (κ2) is 8.34. The third-order valence-corrected chi connectivity index (χ3v) is 6.10. The van der Waals surface area contributed by atoms with E-state index in [9.17, 15) is 9.59 Å². The predicted molar refractivity (Wildman–Crippen MR) is 112 cm³/mol. The minimum atomic E-state index is -0.360. The number of carbonyl (C=O) groups is 2. The Kier molecular flexibility index (Phi) is 6.13. The van der Waals surface area contributed by atoms with Gasteiger partial charge in [-0.1, -0.05) is 23.9 Å². The summed E-state index contributed by atoms with van der Waals surface area (Å²) >= 11 is 11.1. The van der Waals surface area contributed by atoms with Gasteiger partial charge in [-0.05, 0) is 70.3 Å². The van der Waals surface area contributed by atoms with Crippen molar-refractivity contribution in [1.82, 2.24) is 10.4 Å². The number of hydrogen-bond donors (Lipinski definition) is 1. The second-order valence-corrected chi connectivity index (χ2v) is 8.54. The number of rotatable bonds is 5. The van der Waals surface area contributed by atoms with Gasteiger partial charge in [-0.3, -0.25) is 15.0 Å². The highest BCUT2D eigenvalue weighted by molar-refractivity contribution is 9.10. The number of thiocarbonyl (C=S) groups is 1. The van der Waals surface area contributed by atoms with E-state index in [-0.39, 0.29) is 16.1 Å². The predicted octanol–water partition coefficient (Wildman–Crippen LogP) is 4.46. The molecule has 2 amide bonds. The molecule has 1 fully saturated rings. The SMILES string of the molecule is CCOc1ccc(/C=C2\SC(=S)N(NC(=O)c3cccs3)C2=O)cc1Br. The summed E-state index contributed by atoms with van der Waals surface area (Å²) in [6, 6.07) is 9.01. The smallest absolute Gasteiger partial charge is 0.285 e. The molecule has 5 nitrogen and oxygen atoms in total. The Morgan fingerprint density at radius 1 is 1.42 bits per heavy atom. The molecule has 2 heterocycles. The molecule has 0 atom stereocenters. The van der Waals surface area contributed by atoms with Crippen LogP contribution in [0.5, 0.6) is 5.75 Å². The molecule has 0 spiro atoms. The zero-order chi connectivity index (χ0) is 18.7. The molecule has 1 aliphatic rings. The van der Waals surface area contributed by atoms with Crippen LogP contribution in [0.25, 0.3) is 6.08 Å². The molecule has 0 saturated carbocycles. The van der Waals surface area contributed by atoms with Gasteiger partial charge in [0.2, 0.25) is 0 Å². The Balaban J connectivity index is 1.77. The number of nitrogens with zero attached hydrogens (tertiary/aromatic N) is 1. The van der Waals surface area contributed by atoms with E-state index in [1.54, 1.807) is 23.6 Å². The zero-order valence-electron chi connectivity index (χ0n) is 13.5. The van der Waals surface area contributed by atoms with Crippen LogP contribution in [0.2, 0.25) is 0 Å². The molecule has 1 aromatic carbocycles. The molecule has 1 aliphatic heterocycles. The van der Waals surface area contributed by atoms with Crippen LogP contribution in [0.3, 0.4) is 0 Å². The van der Waals surface area contributed by atoms with Crippen LogP contribution in [-0.2, 0) is 4.79 Å². The molecule has 0 bridgehead atoms. The third-order valence-electron chi connectivity index (χ3n) is 3.31. The van der Waals surface area contributed by atoms with Gasteiger partial charge in [0, 0.05) is 0 Å². The van der Waals surface area contributed by atoms with E-state index in [2.05, 4.69) is 21.4 Å². The molecular weight excluding hydrogens is 456 g/mol. The minimum Gasteiger partial charge on any atom is -0.493 e. The van der Waals surface area contributed by atoms with Gasteiger partial charge in [-0.15, -0.1) is 11.3 Å². The molecule has 0 aliphatic carbocycles. The van der Waals surface area contributed by atoms with Crippen LogP contribution >= 0.6 is 51.2 Å². The van der Waals surface area contributed by atoms with E-state index < -0.39 is 0 Å². The second-order valence-electron chi connectivity index (χ2n) is 5.06. The van der Waals surface area contributed by atoms with Gasteiger partial charge < -0.3 is 4.74 Å². The molecule has 0 unspecified atom stereocenters. The molecular formula is C17H13BrN2O3S3. The summed E-state index contributed by atoms with van der Waals surface area (Å²) in [5.41, 5.74) is 3.38. The Morgan fingerprint density at radius 2 is 2.23 bits per heavy atom. The minimum absolute atomic E-state index is 0.288. The van der Waals surface area contributed by atoms with E-state index >= 15 is 0 Å². The van der Waals surface area contributed by atoms with Gasteiger partial charge in [0.05, 0.1) is 20.9 Å². The highest BCUT2D eigenvalue weighted by Gasteiger charge is 2.33. The first-order chi connectivity index (χ1) is 12.5. The maximum absolute atomic E-state index is 12.6. The van der Waals surface area contributed by atoms with Crippen LogP contribution in [0.15, 0.2) is 45.1 Å². The van der Waals surface area contributed by atoms with Crippen molar-refractivity contribution in [2.75, 3.05) is 6.61 Å². The number of amides is 2. The van der Waals surface area contributed by atoms with E-state index in [1.165, 1.54) is 11.3 Å². The number of ether oxygens (including phenoxy) is 1. The lowest BCUT2D eigenvalue weighted by atomic mass is 10.2. The molecule has 1 N–H and O–H groups in total. The lowest BCUT2D eigenvalue weighted by molar-refractivity contribution is -0.123. The van der Waals surface area contributed by atoms with Gasteiger partial charge in [0.25, 0.3) is 11.8 Å². The monoisotopic (exact) mass is 468 g/mol. The summed E-state index contributed by atoms with van der Waals surface area (Å²) in [4.78, 5) is 25.7. The van der Waals surface area contributed by atoms with Gasteiger partial charge in [-0.2, -0.15) is 5.01 Å². The third kappa shape index (κ3) is 4.17. The van der Waals surface area contributed by atoms with Crippen molar-refractivity contribution >= 4 is 73.5 Å². The fraction of sp³-hybridized carbons (Fsp3) is 0.118. The number of halogens is 1. The van der Waals surface area contributed by atoms with Crippen molar-refractivity contribution in [3.05, 3.63) is 55.5 Å². The number of hydrogen-bond acceptors (Lipinski definition) is 6. The standard InChI is InChI=1S/C17H13BrN2O3S3/c1-2-23-12-6-5-10(8-11(12)18)9-14-16(22)20(17(24)26-14)19-15(21)13-4-3-7-25-13/h3-9H,2H2,1H3,(H,19,21)/b14-9-. The van der Waals surface area contributed by atoms with Crippen molar-refractivity contribution in [1.29, 1.82) is 0 Å². The Bertz CT molecular complexity index is 897. The number of hydrazine groups is 1. The van der Waals surface area contributed by atoms with Crippen LogP contribution < -0.4 is 10.2 Å². The fourth-order valence-electron chi connectivity index (χ4n) is 2.16. The van der Waals surface area contributed by atoms with E-state index in [1.807, 2.05) is 25.1 Å². The summed E-state index contributed by atoms with van der Waals surface area (Å²) in [6.45, 7) is 2.48. The average molecular weight is 469 g/mol. The highest BCUT2D eigenvalue weighted by Crippen LogP contribution is 2.33. The van der Waals surface area contributed by atoms with E-state index in [0.29, 0.717) is 16.4 Å². The first-order valence-electron chi connectivity index (χ1n) is 7.54. The molecule has 26 heavy (non-hydrogen) atoms. The maximum Gasteiger partial charge on any atom is 0.285 e. The van der Waals surface area contributed by atoms with Gasteiger partial charge in [0.1, 0.15) is 5.75 Å². The lowest BCUT2D eigenvalue weighted by Gasteiger charge is -2.14. The van der Waals surface area contributed by atoms with Crippen molar-refractivity contribution in [3.8, 4) is 5.75 Å². The van der Waals surface area contributed by atoms with E-state index in [4.69, 9.17) is 17.0 Å².